The summed E-state index contributed by atoms with van der Waals surface area (Å²) >= 11 is 1.13. The van der Waals surface area contributed by atoms with Crippen molar-refractivity contribution in [3.05, 3.63) is 5.01 Å². The highest BCUT2D eigenvalue weighted by Crippen LogP contribution is 2.27. The topological polar surface area (TPSA) is 72.1 Å². The van der Waals surface area contributed by atoms with Crippen LogP contribution in [0.3, 0.4) is 0 Å². The van der Waals surface area contributed by atoms with E-state index in [1.807, 2.05) is 0 Å². The van der Waals surface area contributed by atoms with Crippen molar-refractivity contribution >= 4 is 22.4 Å². The number of nitrogens with zero attached hydrogens (tertiary/aromatic N) is 3. The molecule has 0 aliphatic heterocycles. The number of hydrogen-bond acceptors (Lipinski definition) is 5. The van der Waals surface area contributed by atoms with E-state index < -0.39 is 0 Å². The highest BCUT2D eigenvalue weighted by molar-refractivity contribution is 7.16. The molecule has 1 amide bonds. The van der Waals surface area contributed by atoms with Crippen LogP contribution in [0.5, 0.6) is 0 Å². The lowest BCUT2D eigenvalue weighted by Crippen LogP contribution is -2.28. The molecule has 70 valence electrons. The van der Waals surface area contributed by atoms with E-state index in [-0.39, 0.29) is 5.91 Å². The lowest BCUT2D eigenvalue weighted by Gasteiger charge is -2.13. The van der Waals surface area contributed by atoms with Gasteiger partial charge in [0.15, 0.2) is 0 Å². The summed E-state index contributed by atoms with van der Waals surface area (Å²) in [6, 6.07) is 0.401. The van der Waals surface area contributed by atoms with Crippen LogP contribution in [-0.4, -0.2) is 34.1 Å². The Labute approximate surface area is 79.6 Å². The zero-order chi connectivity index (χ0) is 9.42. The van der Waals surface area contributed by atoms with E-state index in [0.29, 0.717) is 16.2 Å². The lowest BCUT2D eigenvalue weighted by atomic mass is 10.5. The third kappa shape index (κ3) is 1.62. The Balaban J connectivity index is 2.11. The predicted molar refractivity (Wildman–Crippen MR) is 49.4 cm³/mol. The first-order valence-electron chi connectivity index (χ1n) is 4.04. The first-order valence-corrected chi connectivity index (χ1v) is 4.86. The molecule has 1 saturated carbocycles. The van der Waals surface area contributed by atoms with E-state index in [9.17, 15) is 4.79 Å². The van der Waals surface area contributed by atoms with Crippen LogP contribution in [0.2, 0.25) is 0 Å². The smallest absolute Gasteiger partial charge is 0.284 e. The summed E-state index contributed by atoms with van der Waals surface area (Å²) < 4.78 is 0. The molecule has 1 fully saturated rings. The van der Waals surface area contributed by atoms with Gasteiger partial charge in [0.1, 0.15) is 0 Å². The van der Waals surface area contributed by atoms with Gasteiger partial charge in [-0.05, 0) is 12.8 Å². The van der Waals surface area contributed by atoms with Crippen molar-refractivity contribution < 1.29 is 4.79 Å². The van der Waals surface area contributed by atoms with Gasteiger partial charge in [-0.1, -0.05) is 11.3 Å². The van der Waals surface area contributed by atoms with E-state index in [1.165, 1.54) is 0 Å². The molecule has 0 unspecified atom stereocenters. The van der Waals surface area contributed by atoms with Crippen LogP contribution >= 0.6 is 11.3 Å². The van der Waals surface area contributed by atoms with E-state index >= 15 is 0 Å². The summed E-state index contributed by atoms with van der Waals surface area (Å²) in [4.78, 5) is 13.3. The molecule has 0 saturated heterocycles. The Morgan fingerprint density at radius 3 is 2.77 bits per heavy atom. The zero-order valence-corrected chi connectivity index (χ0v) is 8.04. The lowest BCUT2D eigenvalue weighted by molar-refractivity contribution is 0.0784. The number of hydrogen-bond donors (Lipinski definition) is 1. The summed E-state index contributed by atoms with van der Waals surface area (Å²) in [5, 5.41) is 8.02. The van der Waals surface area contributed by atoms with Crippen molar-refractivity contribution in [2.45, 2.75) is 18.9 Å². The molecule has 1 heterocycles. The van der Waals surface area contributed by atoms with Gasteiger partial charge in [-0.3, -0.25) is 4.79 Å². The number of rotatable bonds is 2. The molecule has 0 bridgehead atoms. The third-order valence-corrected chi connectivity index (χ3v) is 2.78. The minimum Gasteiger partial charge on any atom is -0.374 e. The van der Waals surface area contributed by atoms with Gasteiger partial charge in [-0.15, -0.1) is 10.2 Å². The fourth-order valence-electron chi connectivity index (χ4n) is 1.10. The van der Waals surface area contributed by atoms with Crippen LogP contribution in [0.15, 0.2) is 0 Å². The van der Waals surface area contributed by atoms with Gasteiger partial charge in [-0.25, -0.2) is 0 Å². The first kappa shape index (κ1) is 8.43. The monoisotopic (exact) mass is 198 g/mol. The van der Waals surface area contributed by atoms with Crippen LogP contribution in [0.4, 0.5) is 5.13 Å². The second kappa shape index (κ2) is 2.95. The van der Waals surface area contributed by atoms with Crippen molar-refractivity contribution in [1.29, 1.82) is 0 Å². The third-order valence-electron chi connectivity index (χ3n) is 2.04. The van der Waals surface area contributed by atoms with Crippen molar-refractivity contribution in [2.75, 3.05) is 12.8 Å². The largest absolute Gasteiger partial charge is 0.374 e. The minimum atomic E-state index is -0.0725. The van der Waals surface area contributed by atoms with E-state index in [0.717, 1.165) is 24.2 Å². The molecule has 0 radical (unpaired) electrons. The Hall–Kier alpha value is -1.17. The second-order valence-electron chi connectivity index (χ2n) is 3.09. The fourth-order valence-corrected chi connectivity index (χ4v) is 1.69. The summed E-state index contributed by atoms with van der Waals surface area (Å²) in [7, 11) is 1.79. The van der Waals surface area contributed by atoms with Crippen LogP contribution < -0.4 is 5.73 Å². The van der Waals surface area contributed by atoms with Gasteiger partial charge < -0.3 is 10.6 Å². The standard InChI is InChI=1S/C7H10N4OS/c1-11(4-2-3-4)6(12)5-9-10-7(8)13-5/h4H,2-3H2,1H3,(H2,8,10). The van der Waals surface area contributed by atoms with Gasteiger partial charge in [0, 0.05) is 13.1 Å². The second-order valence-corrected chi connectivity index (χ2v) is 4.10. The molecule has 2 N–H and O–H groups in total. The molecule has 13 heavy (non-hydrogen) atoms. The van der Waals surface area contributed by atoms with Crippen LogP contribution in [-0.2, 0) is 0 Å². The Morgan fingerprint density at radius 2 is 2.31 bits per heavy atom. The minimum absolute atomic E-state index is 0.0725. The Kier molecular flexibility index (Phi) is 1.91. The number of carbonyl (C=O) groups excluding carboxylic acids is 1. The number of anilines is 1. The van der Waals surface area contributed by atoms with E-state index in [4.69, 9.17) is 5.73 Å². The van der Waals surface area contributed by atoms with Crippen molar-refractivity contribution in [1.82, 2.24) is 15.1 Å². The van der Waals surface area contributed by atoms with Crippen molar-refractivity contribution in [3.8, 4) is 0 Å². The number of amides is 1. The maximum atomic E-state index is 11.6. The summed E-state index contributed by atoms with van der Waals surface area (Å²) in [6.45, 7) is 0. The fraction of sp³-hybridized carbons (Fsp3) is 0.571. The van der Waals surface area contributed by atoms with Crippen LogP contribution in [0, 0.1) is 0 Å². The maximum Gasteiger partial charge on any atom is 0.284 e. The molecule has 0 spiro atoms. The molecule has 1 aliphatic carbocycles. The van der Waals surface area contributed by atoms with Gasteiger partial charge >= 0.3 is 0 Å². The molecule has 5 nitrogen and oxygen atoms in total. The number of aromatic nitrogens is 2. The Morgan fingerprint density at radius 1 is 1.62 bits per heavy atom. The van der Waals surface area contributed by atoms with Crippen LogP contribution in [0.1, 0.15) is 22.6 Å². The molecule has 1 aromatic heterocycles. The molecular weight excluding hydrogens is 188 g/mol. The molecule has 0 aromatic carbocycles. The molecule has 1 aromatic rings. The molecule has 0 atom stereocenters. The van der Waals surface area contributed by atoms with Crippen molar-refractivity contribution in [2.24, 2.45) is 0 Å². The van der Waals surface area contributed by atoms with E-state index in [1.54, 1.807) is 11.9 Å². The van der Waals surface area contributed by atoms with Gasteiger partial charge in [0.25, 0.3) is 5.91 Å². The average Bonchev–Trinajstić information content (AvgIpc) is 2.87. The highest BCUT2D eigenvalue weighted by Gasteiger charge is 2.31. The highest BCUT2D eigenvalue weighted by atomic mass is 32.1. The molecule has 2 rings (SSSR count). The summed E-state index contributed by atoms with van der Waals surface area (Å²) in [5.74, 6) is -0.0725. The number of nitrogen functional groups attached to an aromatic ring is 1. The quantitative estimate of drug-likeness (QED) is 0.744. The predicted octanol–water partition coefficient (Wildman–Crippen LogP) is 0.355. The first-order chi connectivity index (χ1) is 6.18. The van der Waals surface area contributed by atoms with Gasteiger partial charge in [0.05, 0.1) is 0 Å². The summed E-state index contributed by atoms with van der Waals surface area (Å²) in [6.07, 6.45) is 2.19. The number of carbonyl (C=O) groups is 1. The molecule has 6 heteroatoms. The Bertz CT molecular complexity index is 333. The van der Waals surface area contributed by atoms with Gasteiger partial charge in [0.2, 0.25) is 10.1 Å². The molecule has 1 aliphatic rings. The van der Waals surface area contributed by atoms with Gasteiger partial charge in [-0.2, -0.15) is 0 Å². The number of nitrogens with two attached hydrogens (primary N) is 1. The summed E-state index contributed by atoms with van der Waals surface area (Å²) in [5.41, 5.74) is 5.38. The molecular formula is C7H10N4OS. The zero-order valence-electron chi connectivity index (χ0n) is 7.23. The maximum absolute atomic E-state index is 11.6. The SMILES string of the molecule is CN(C(=O)c1nnc(N)s1)C1CC1. The van der Waals surface area contributed by atoms with Crippen LogP contribution in [0.25, 0.3) is 0 Å². The average molecular weight is 198 g/mol. The van der Waals surface area contributed by atoms with Crippen molar-refractivity contribution in [3.63, 3.8) is 0 Å². The normalized spacial score (nSPS) is 15.8. The van der Waals surface area contributed by atoms with E-state index in [2.05, 4.69) is 10.2 Å².